The summed E-state index contributed by atoms with van der Waals surface area (Å²) in [6.45, 7) is 2.77. The maximum atomic E-state index is 5.61. The zero-order valence-corrected chi connectivity index (χ0v) is 11.3. The minimum atomic E-state index is 0.640. The molecule has 0 fully saturated rings. The molecule has 94 valence electrons. The minimum Gasteiger partial charge on any atom is -0.494 e. The number of rotatable bonds is 5. The Morgan fingerprint density at radius 1 is 0.889 bits per heavy atom. The van der Waals surface area contributed by atoms with Crippen molar-refractivity contribution < 1.29 is 4.74 Å². The Kier molecular flexibility index (Phi) is 4.66. The number of benzene rings is 2. The minimum absolute atomic E-state index is 0.640. The van der Waals surface area contributed by atoms with Crippen LogP contribution in [-0.2, 0) is 0 Å². The van der Waals surface area contributed by atoms with Gasteiger partial charge < -0.3 is 4.74 Å². The van der Waals surface area contributed by atoms with Crippen LogP contribution in [0.5, 0.6) is 5.75 Å². The highest BCUT2D eigenvalue weighted by atomic mass is 35.5. The lowest BCUT2D eigenvalue weighted by atomic mass is 10.0. The van der Waals surface area contributed by atoms with Gasteiger partial charge in [0.15, 0.2) is 0 Å². The van der Waals surface area contributed by atoms with E-state index in [2.05, 4.69) is 43.3 Å². The molecule has 0 spiro atoms. The van der Waals surface area contributed by atoms with Crippen molar-refractivity contribution in [1.82, 2.24) is 0 Å². The third-order valence-corrected chi connectivity index (χ3v) is 3.05. The Hall–Kier alpha value is -1.47. The van der Waals surface area contributed by atoms with Crippen molar-refractivity contribution in [2.24, 2.45) is 0 Å². The maximum Gasteiger partial charge on any atom is 0.119 e. The van der Waals surface area contributed by atoms with Gasteiger partial charge in [-0.25, -0.2) is 0 Å². The maximum absolute atomic E-state index is 5.61. The molecule has 18 heavy (non-hydrogen) atoms. The molecule has 2 aromatic rings. The van der Waals surface area contributed by atoms with E-state index >= 15 is 0 Å². The monoisotopic (exact) mass is 260 g/mol. The van der Waals surface area contributed by atoms with Gasteiger partial charge >= 0.3 is 0 Å². The largest absolute Gasteiger partial charge is 0.494 e. The molecule has 2 rings (SSSR count). The molecule has 0 aliphatic carbocycles. The first-order valence-electron chi connectivity index (χ1n) is 6.15. The highest BCUT2D eigenvalue weighted by molar-refractivity contribution is 6.17. The fourth-order valence-electron chi connectivity index (χ4n) is 1.73. The number of hydrogen-bond acceptors (Lipinski definition) is 1. The van der Waals surface area contributed by atoms with E-state index in [4.69, 9.17) is 16.3 Å². The molecular weight excluding hydrogens is 244 g/mol. The van der Waals surface area contributed by atoms with Gasteiger partial charge in [0.1, 0.15) is 5.75 Å². The van der Waals surface area contributed by atoms with E-state index in [0.29, 0.717) is 12.5 Å². The van der Waals surface area contributed by atoms with Crippen LogP contribution < -0.4 is 4.74 Å². The van der Waals surface area contributed by atoms with Gasteiger partial charge in [-0.15, -0.1) is 11.6 Å². The normalized spacial score (nSPS) is 10.3. The summed E-state index contributed by atoms with van der Waals surface area (Å²) in [6, 6.07) is 16.7. The zero-order valence-electron chi connectivity index (χ0n) is 10.5. The van der Waals surface area contributed by atoms with Crippen LogP contribution in [0.1, 0.15) is 12.0 Å². The van der Waals surface area contributed by atoms with Crippen LogP contribution in [0.3, 0.4) is 0 Å². The molecule has 0 unspecified atom stereocenters. The molecule has 0 radical (unpaired) electrons. The molecule has 2 heteroatoms. The van der Waals surface area contributed by atoms with Crippen molar-refractivity contribution in [3.8, 4) is 16.9 Å². The van der Waals surface area contributed by atoms with Gasteiger partial charge in [-0.05, 0) is 36.6 Å². The van der Waals surface area contributed by atoms with Crippen LogP contribution in [0.2, 0.25) is 0 Å². The Morgan fingerprint density at radius 2 is 1.44 bits per heavy atom. The first-order valence-corrected chi connectivity index (χ1v) is 6.69. The smallest absolute Gasteiger partial charge is 0.119 e. The molecule has 0 bridgehead atoms. The summed E-state index contributed by atoms with van der Waals surface area (Å²) in [5.74, 6) is 1.54. The van der Waals surface area contributed by atoms with Gasteiger partial charge in [0.05, 0.1) is 6.61 Å². The second kappa shape index (κ2) is 6.46. The van der Waals surface area contributed by atoms with Crippen molar-refractivity contribution in [1.29, 1.82) is 0 Å². The SMILES string of the molecule is Cc1ccc(-c2ccc(OCCCCl)cc2)cc1. The van der Waals surface area contributed by atoms with Gasteiger partial charge in [0, 0.05) is 5.88 Å². The van der Waals surface area contributed by atoms with Crippen molar-refractivity contribution in [3.63, 3.8) is 0 Å². The highest BCUT2D eigenvalue weighted by Gasteiger charge is 1.98. The fraction of sp³-hybridized carbons (Fsp3) is 0.250. The van der Waals surface area contributed by atoms with Crippen molar-refractivity contribution in [2.45, 2.75) is 13.3 Å². The van der Waals surface area contributed by atoms with E-state index in [-0.39, 0.29) is 0 Å². The molecule has 0 heterocycles. The van der Waals surface area contributed by atoms with E-state index in [1.54, 1.807) is 0 Å². The standard InChI is InChI=1S/C16H17ClO/c1-13-3-5-14(6-4-13)15-7-9-16(10-8-15)18-12-2-11-17/h3-10H,2,11-12H2,1H3. The van der Waals surface area contributed by atoms with E-state index in [9.17, 15) is 0 Å². The molecule has 0 saturated carbocycles. The van der Waals surface area contributed by atoms with Crippen LogP contribution in [0.15, 0.2) is 48.5 Å². The fourth-order valence-corrected chi connectivity index (χ4v) is 1.84. The van der Waals surface area contributed by atoms with Crippen LogP contribution in [-0.4, -0.2) is 12.5 Å². The number of ether oxygens (including phenoxy) is 1. The Morgan fingerprint density at radius 3 is 2.00 bits per heavy atom. The summed E-state index contributed by atoms with van der Waals surface area (Å²) in [6.07, 6.45) is 0.876. The summed E-state index contributed by atoms with van der Waals surface area (Å²) in [5.41, 5.74) is 3.72. The molecule has 2 aromatic carbocycles. The van der Waals surface area contributed by atoms with E-state index < -0.39 is 0 Å². The molecule has 0 aliphatic rings. The number of aryl methyl sites for hydroxylation is 1. The summed E-state index contributed by atoms with van der Waals surface area (Å²) >= 11 is 5.61. The lowest BCUT2D eigenvalue weighted by molar-refractivity contribution is 0.318. The number of hydrogen-bond donors (Lipinski definition) is 0. The molecule has 0 saturated heterocycles. The third-order valence-electron chi connectivity index (χ3n) is 2.79. The van der Waals surface area contributed by atoms with Gasteiger partial charge in [-0.1, -0.05) is 42.0 Å². The van der Waals surface area contributed by atoms with Gasteiger partial charge in [-0.3, -0.25) is 0 Å². The quantitative estimate of drug-likeness (QED) is 0.561. The van der Waals surface area contributed by atoms with Crippen LogP contribution in [0.25, 0.3) is 11.1 Å². The van der Waals surface area contributed by atoms with Crippen LogP contribution >= 0.6 is 11.6 Å². The van der Waals surface area contributed by atoms with Crippen molar-refractivity contribution >= 4 is 11.6 Å². The predicted molar refractivity (Wildman–Crippen MR) is 77.4 cm³/mol. The van der Waals surface area contributed by atoms with Gasteiger partial charge in [-0.2, -0.15) is 0 Å². The lowest BCUT2D eigenvalue weighted by Gasteiger charge is -2.06. The van der Waals surface area contributed by atoms with E-state index in [0.717, 1.165) is 12.2 Å². The molecule has 0 N–H and O–H groups in total. The Labute approximate surface area is 113 Å². The molecular formula is C16H17ClO. The highest BCUT2D eigenvalue weighted by Crippen LogP contribution is 2.22. The predicted octanol–water partition coefficient (Wildman–Crippen LogP) is 4.67. The number of alkyl halides is 1. The molecule has 1 nitrogen and oxygen atoms in total. The summed E-state index contributed by atoms with van der Waals surface area (Å²) in [5, 5.41) is 0. The van der Waals surface area contributed by atoms with Gasteiger partial charge in [0.25, 0.3) is 0 Å². The zero-order chi connectivity index (χ0) is 12.8. The average Bonchev–Trinajstić information content (AvgIpc) is 2.41. The number of halogens is 1. The topological polar surface area (TPSA) is 9.23 Å². The molecule has 0 aliphatic heterocycles. The van der Waals surface area contributed by atoms with E-state index in [1.165, 1.54) is 16.7 Å². The first-order chi connectivity index (χ1) is 8.79. The van der Waals surface area contributed by atoms with Crippen molar-refractivity contribution in [3.05, 3.63) is 54.1 Å². The Balaban J connectivity index is 2.05. The Bertz CT molecular complexity index is 473. The summed E-state index contributed by atoms with van der Waals surface area (Å²) in [4.78, 5) is 0. The molecule has 0 amide bonds. The lowest BCUT2D eigenvalue weighted by Crippen LogP contribution is -1.97. The average molecular weight is 261 g/mol. The molecule has 0 aromatic heterocycles. The van der Waals surface area contributed by atoms with Gasteiger partial charge in [0.2, 0.25) is 0 Å². The second-order valence-electron chi connectivity index (χ2n) is 4.28. The summed E-state index contributed by atoms with van der Waals surface area (Å²) < 4.78 is 5.57. The first kappa shape index (κ1) is 13.0. The summed E-state index contributed by atoms with van der Waals surface area (Å²) in [7, 11) is 0. The molecule has 0 atom stereocenters. The van der Waals surface area contributed by atoms with Crippen LogP contribution in [0.4, 0.5) is 0 Å². The van der Waals surface area contributed by atoms with Crippen molar-refractivity contribution in [2.75, 3.05) is 12.5 Å². The third kappa shape index (κ3) is 3.51. The van der Waals surface area contributed by atoms with Crippen LogP contribution in [0, 0.1) is 6.92 Å². The van der Waals surface area contributed by atoms with E-state index in [1.807, 2.05) is 12.1 Å². The second-order valence-corrected chi connectivity index (χ2v) is 4.66.